The molecule has 22 heavy (non-hydrogen) atoms. The predicted octanol–water partition coefficient (Wildman–Crippen LogP) is 2.54. The molecule has 2 rings (SSSR count). The molecule has 1 unspecified atom stereocenters. The minimum Gasteiger partial charge on any atom is -0.480 e. The lowest BCUT2D eigenvalue weighted by Crippen LogP contribution is -2.52. The lowest BCUT2D eigenvalue weighted by atomic mass is 9.95. The number of nitrogens with one attached hydrogen (secondary N) is 1. The maximum atomic E-state index is 12.2. The molecule has 5 nitrogen and oxygen atoms in total. The largest absolute Gasteiger partial charge is 0.480 e. The summed E-state index contributed by atoms with van der Waals surface area (Å²) in [5.74, 6) is -1.32. The molecular formula is C17H20N2O3. The highest BCUT2D eigenvalue weighted by Crippen LogP contribution is 2.18. The van der Waals surface area contributed by atoms with Crippen LogP contribution in [0.15, 0.2) is 36.5 Å². The number of benzene rings is 1. The van der Waals surface area contributed by atoms with Gasteiger partial charge in [0.15, 0.2) is 0 Å². The van der Waals surface area contributed by atoms with Crippen molar-refractivity contribution >= 4 is 22.8 Å². The maximum Gasteiger partial charge on any atom is 0.329 e. The Balaban J connectivity index is 2.19. The van der Waals surface area contributed by atoms with Gasteiger partial charge in [-0.1, -0.05) is 37.6 Å². The first-order chi connectivity index (χ1) is 10.5. The average molecular weight is 300 g/mol. The van der Waals surface area contributed by atoms with E-state index in [1.54, 1.807) is 6.20 Å². The lowest BCUT2D eigenvalue weighted by Gasteiger charge is -2.25. The zero-order valence-corrected chi connectivity index (χ0v) is 12.8. The number of carboxylic acid groups (broad SMARTS) is 1. The first kappa shape index (κ1) is 15.9. The molecule has 0 saturated carbocycles. The summed E-state index contributed by atoms with van der Waals surface area (Å²) in [7, 11) is 0. The summed E-state index contributed by atoms with van der Waals surface area (Å²) in [5, 5.41) is 12.9. The fourth-order valence-electron chi connectivity index (χ4n) is 2.56. The van der Waals surface area contributed by atoms with Gasteiger partial charge in [0.1, 0.15) is 5.54 Å². The number of amides is 1. The van der Waals surface area contributed by atoms with Crippen LogP contribution in [0.2, 0.25) is 0 Å². The highest BCUT2D eigenvalue weighted by molar-refractivity contribution is 5.90. The van der Waals surface area contributed by atoms with Crippen molar-refractivity contribution < 1.29 is 14.7 Å². The van der Waals surface area contributed by atoms with E-state index in [0.29, 0.717) is 12.8 Å². The second kappa shape index (κ2) is 6.56. The third kappa shape index (κ3) is 3.42. The van der Waals surface area contributed by atoms with Gasteiger partial charge in [0, 0.05) is 11.6 Å². The van der Waals surface area contributed by atoms with Crippen LogP contribution in [0.1, 0.15) is 32.3 Å². The molecular weight excluding hydrogens is 280 g/mol. The predicted molar refractivity (Wildman–Crippen MR) is 84.5 cm³/mol. The SMILES string of the molecule is CCCC(C)(NC(=O)Cc1cccc2cccnc12)C(=O)O. The van der Waals surface area contributed by atoms with Crippen LogP contribution in [-0.2, 0) is 16.0 Å². The number of carbonyl (C=O) groups excluding carboxylic acids is 1. The number of hydrogen-bond donors (Lipinski definition) is 2. The fourth-order valence-corrected chi connectivity index (χ4v) is 2.56. The summed E-state index contributed by atoms with van der Waals surface area (Å²) in [5.41, 5.74) is 0.330. The number of aromatic nitrogens is 1. The van der Waals surface area contributed by atoms with Crippen molar-refractivity contribution in [1.29, 1.82) is 0 Å². The number of carboxylic acids is 1. The number of carbonyl (C=O) groups is 2. The van der Waals surface area contributed by atoms with Gasteiger partial charge < -0.3 is 10.4 Å². The van der Waals surface area contributed by atoms with E-state index in [4.69, 9.17) is 0 Å². The Kier molecular flexibility index (Phi) is 4.75. The van der Waals surface area contributed by atoms with Crippen LogP contribution in [0, 0.1) is 0 Å². The Labute approximate surface area is 129 Å². The Hall–Kier alpha value is -2.43. The fraction of sp³-hybridized carbons (Fsp3) is 0.353. The zero-order chi connectivity index (χ0) is 16.2. The number of pyridine rings is 1. The van der Waals surface area contributed by atoms with Crippen molar-refractivity contribution in [2.75, 3.05) is 0 Å². The van der Waals surface area contributed by atoms with Crippen LogP contribution in [0.5, 0.6) is 0 Å². The molecule has 0 aliphatic rings. The van der Waals surface area contributed by atoms with Gasteiger partial charge in [0.25, 0.3) is 0 Å². The van der Waals surface area contributed by atoms with Gasteiger partial charge in [-0.2, -0.15) is 0 Å². The van der Waals surface area contributed by atoms with E-state index in [1.807, 2.05) is 37.3 Å². The normalized spacial score (nSPS) is 13.5. The Morgan fingerprint density at radius 3 is 2.68 bits per heavy atom. The van der Waals surface area contributed by atoms with Gasteiger partial charge in [-0.3, -0.25) is 9.78 Å². The molecule has 0 saturated heterocycles. The highest BCUT2D eigenvalue weighted by atomic mass is 16.4. The molecule has 0 fully saturated rings. The molecule has 1 atom stereocenters. The van der Waals surface area contributed by atoms with E-state index in [0.717, 1.165) is 16.5 Å². The van der Waals surface area contributed by atoms with E-state index >= 15 is 0 Å². The summed E-state index contributed by atoms with van der Waals surface area (Å²) < 4.78 is 0. The summed E-state index contributed by atoms with van der Waals surface area (Å²) >= 11 is 0. The van der Waals surface area contributed by atoms with E-state index in [2.05, 4.69) is 10.3 Å². The Morgan fingerprint density at radius 2 is 2.00 bits per heavy atom. The molecule has 1 aromatic carbocycles. The van der Waals surface area contributed by atoms with Crippen molar-refractivity contribution in [1.82, 2.24) is 10.3 Å². The molecule has 0 spiro atoms. The molecule has 1 heterocycles. The van der Waals surface area contributed by atoms with Gasteiger partial charge in [0.05, 0.1) is 11.9 Å². The third-order valence-corrected chi connectivity index (χ3v) is 3.70. The molecule has 2 N–H and O–H groups in total. The molecule has 2 aromatic rings. The van der Waals surface area contributed by atoms with Crippen LogP contribution < -0.4 is 5.32 Å². The lowest BCUT2D eigenvalue weighted by molar-refractivity contribution is -0.147. The second-order valence-corrected chi connectivity index (χ2v) is 5.60. The second-order valence-electron chi connectivity index (χ2n) is 5.60. The van der Waals surface area contributed by atoms with Crippen LogP contribution in [0.4, 0.5) is 0 Å². The smallest absolute Gasteiger partial charge is 0.329 e. The summed E-state index contributed by atoms with van der Waals surface area (Å²) in [6.45, 7) is 3.43. The quantitative estimate of drug-likeness (QED) is 0.859. The van der Waals surface area contributed by atoms with Crippen LogP contribution in [0.3, 0.4) is 0 Å². The van der Waals surface area contributed by atoms with Crippen molar-refractivity contribution in [3.8, 4) is 0 Å². The molecule has 5 heteroatoms. The number of aliphatic carboxylic acids is 1. The third-order valence-electron chi connectivity index (χ3n) is 3.70. The minimum atomic E-state index is -1.23. The number of hydrogen-bond acceptors (Lipinski definition) is 3. The van der Waals surface area contributed by atoms with E-state index in [1.165, 1.54) is 6.92 Å². The molecule has 116 valence electrons. The van der Waals surface area contributed by atoms with Gasteiger partial charge in [0.2, 0.25) is 5.91 Å². The Morgan fingerprint density at radius 1 is 1.27 bits per heavy atom. The van der Waals surface area contributed by atoms with Gasteiger partial charge >= 0.3 is 5.97 Å². The summed E-state index contributed by atoms with van der Waals surface area (Å²) in [6.07, 6.45) is 2.86. The van der Waals surface area contributed by atoms with Crippen LogP contribution >= 0.6 is 0 Å². The van der Waals surface area contributed by atoms with E-state index < -0.39 is 11.5 Å². The number of para-hydroxylation sites is 1. The first-order valence-corrected chi connectivity index (χ1v) is 7.33. The molecule has 0 radical (unpaired) electrons. The van der Waals surface area contributed by atoms with Gasteiger partial charge in [-0.05, 0) is 25.0 Å². The summed E-state index contributed by atoms with van der Waals surface area (Å²) in [4.78, 5) is 27.9. The highest BCUT2D eigenvalue weighted by Gasteiger charge is 2.33. The molecule has 1 amide bonds. The molecule has 0 aliphatic carbocycles. The van der Waals surface area contributed by atoms with E-state index in [-0.39, 0.29) is 12.3 Å². The van der Waals surface area contributed by atoms with E-state index in [9.17, 15) is 14.7 Å². The average Bonchev–Trinajstić information content (AvgIpc) is 2.47. The Bertz CT molecular complexity index is 694. The molecule has 1 aromatic heterocycles. The maximum absolute atomic E-state index is 12.2. The zero-order valence-electron chi connectivity index (χ0n) is 12.8. The summed E-state index contributed by atoms with van der Waals surface area (Å²) in [6, 6.07) is 9.42. The van der Waals surface area contributed by atoms with Crippen LogP contribution in [0.25, 0.3) is 10.9 Å². The first-order valence-electron chi connectivity index (χ1n) is 7.33. The van der Waals surface area contributed by atoms with Crippen molar-refractivity contribution in [3.05, 3.63) is 42.1 Å². The van der Waals surface area contributed by atoms with Crippen molar-refractivity contribution in [3.63, 3.8) is 0 Å². The number of nitrogens with zero attached hydrogens (tertiary/aromatic N) is 1. The van der Waals surface area contributed by atoms with Gasteiger partial charge in [-0.25, -0.2) is 4.79 Å². The monoisotopic (exact) mass is 300 g/mol. The molecule has 0 bridgehead atoms. The standard InChI is InChI=1S/C17H20N2O3/c1-3-9-17(2,16(21)22)19-14(20)11-13-7-4-6-12-8-5-10-18-15(12)13/h4-8,10H,3,9,11H2,1-2H3,(H,19,20)(H,21,22). The number of rotatable bonds is 6. The number of fused-ring (bicyclic) bond motifs is 1. The topological polar surface area (TPSA) is 79.3 Å². The molecule has 0 aliphatic heterocycles. The van der Waals surface area contributed by atoms with Gasteiger partial charge in [-0.15, -0.1) is 0 Å². The van der Waals surface area contributed by atoms with Crippen LogP contribution in [-0.4, -0.2) is 27.5 Å². The minimum absolute atomic E-state index is 0.112. The van der Waals surface area contributed by atoms with Crippen molar-refractivity contribution in [2.45, 2.75) is 38.6 Å². The van der Waals surface area contributed by atoms with Crippen molar-refractivity contribution in [2.24, 2.45) is 0 Å².